The fourth-order valence-corrected chi connectivity index (χ4v) is 4.88. The van der Waals surface area contributed by atoms with Gasteiger partial charge in [-0.2, -0.15) is 0 Å². The minimum atomic E-state index is -3.66. The van der Waals surface area contributed by atoms with E-state index in [1.165, 1.54) is 6.33 Å². The first kappa shape index (κ1) is 26.6. The molecule has 0 saturated carbocycles. The van der Waals surface area contributed by atoms with E-state index in [4.69, 9.17) is 19.7 Å². The van der Waals surface area contributed by atoms with E-state index < -0.39 is 19.5 Å². The van der Waals surface area contributed by atoms with Crippen LogP contribution in [0.2, 0.25) is 0 Å². The number of aromatic nitrogens is 4. The maximum Gasteiger partial charge on any atom is 0.342 e. The predicted molar refractivity (Wildman–Crippen MR) is 133 cm³/mol. The van der Waals surface area contributed by atoms with Crippen LogP contribution in [0.15, 0.2) is 43.0 Å². The Morgan fingerprint density at radius 3 is 2.57 bits per heavy atom. The summed E-state index contributed by atoms with van der Waals surface area (Å²) in [5, 5.41) is 2.81. The average molecular weight is 505 g/mol. The van der Waals surface area contributed by atoms with Crippen LogP contribution in [0.1, 0.15) is 34.6 Å². The lowest BCUT2D eigenvalue weighted by molar-refractivity contribution is -0.148. The number of para-hydroxylation sites is 1. The number of esters is 1. The van der Waals surface area contributed by atoms with Crippen LogP contribution in [0.5, 0.6) is 5.75 Å². The third-order valence-electron chi connectivity index (χ3n) is 4.80. The summed E-state index contributed by atoms with van der Waals surface area (Å²) < 4.78 is 32.6. The first-order valence-corrected chi connectivity index (χ1v) is 13.1. The van der Waals surface area contributed by atoms with E-state index >= 15 is 0 Å². The number of benzene rings is 1. The number of fused-ring (bicyclic) bond motifs is 1. The first-order valence-electron chi connectivity index (χ1n) is 11.3. The molecule has 35 heavy (non-hydrogen) atoms. The van der Waals surface area contributed by atoms with Crippen LogP contribution >= 0.6 is 7.52 Å². The molecule has 2 aromatic heterocycles. The van der Waals surface area contributed by atoms with Gasteiger partial charge in [0.25, 0.3) is 0 Å². The van der Waals surface area contributed by atoms with Crippen molar-refractivity contribution in [1.82, 2.24) is 24.6 Å². The molecular weight excluding hydrogens is 471 g/mol. The maximum atomic E-state index is 13.7. The molecule has 3 N–H and O–H groups in total. The van der Waals surface area contributed by atoms with Crippen molar-refractivity contribution in [2.24, 2.45) is 5.41 Å². The van der Waals surface area contributed by atoms with Gasteiger partial charge >= 0.3 is 13.5 Å². The molecule has 0 amide bonds. The molecule has 2 heterocycles. The molecule has 0 fully saturated rings. The van der Waals surface area contributed by atoms with Gasteiger partial charge in [-0.05, 0) is 31.4 Å². The van der Waals surface area contributed by atoms with Crippen LogP contribution in [-0.2, 0) is 25.4 Å². The summed E-state index contributed by atoms with van der Waals surface area (Å²) in [6.07, 6.45) is 2.30. The van der Waals surface area contributed by atoms with Gasteiger partial charge in [0, 0.05) is 0 Å². The zero-order valence-corrected chi connectivity index (χ0v) is 21.6. The molecule has 3 aromatic rings. The molecule has 0 radical (unpaired) electrons. The Morgan fingerprint density at radius 1 is 1.17 bits per heavy atom. The number of nitrogen functional groups attached to an aromatic ring is 1. The molecule has 11 nitrogen and oxygen atoms in total. The van der Waals surface area contributed by atoms with Crippen LogP contribution in [0.3, 0.4) is 0 Å². The summed E-state index contributed by atoms with van der Waals surface area (Å²) in [7, 11) is -3.66. The molecule has 12 heteroatoms. The lowest BCUT2D eigenvalue weighted by Crippen LogP contribution is -2.37. The monoisotopic (exact) mass is 504 g/mol. The topological polar surface area (TPSA) is 143 Å². The van der Waals surface area contributed by atoms with Crippen molar-refractivity contribution >= 4 is 30.5 Å². The second kappa shape index (κ2) is 11.2. The SMILES string of the molecule is C[C@H](Cn1cnc2c(N)ncnc21)OCP(=O)(N[C@@H](C)C(=O)OCC(C)(C)C)Oc1ccccc1. The molecule has 1 unspecified atom stereocenters. The summed E-state index contributed by atoms with van der Waals surface area (Å²) >= 11 is 0. The van der Waals surface area contributed by atoms with Gasteiger partial charge in [0.2, 0.25) is 0 Å². The number of nitrogens with one attached hydrogen (secondary N) is 1. The summed E-state index contributed by atoms with van der Waals surface area (Å²) in [6.45, 7) is 9.90. The number of carbonyl (C=O) groups is 1. The van der Waals surface area contributed by atoms with E-state index in [1.54, 1.807) is 42.1 Å². The third-order valence-corrected chi connectivity index (χ3v) is 6.58. The van der Waals surface area contributed by atoms with Crippen LogP contribution in [0.25, 0.3) is 11.2 Å². The number of imidazole rings is 1. The normalized spacial score (nSPS) is 15.3. The third kappa shape index (κ3) is 7.74. The lowest BCUT2D eigenvalue weighted by atomic mass is 9.99. The fraction of sp³-hybridized carbons (Fsp3) is 0.478. The average Bonchev–Trinajstić information content (AvgIpc) is 3.20. The number of nitrogens with two attached hydrogens (primary N) is 1. The Balaban J connectivity index is 1.68. The number of carbonyl (C=O) groups excluding carboxylic acids is 1. The number of anilines is 1. The molecule has 0 spiro atoms. The zero-order valence-electron chi connectivity index (χ0n) is 20.7. The van der Waals surface area contributed by atoms with E-state index in [-0.39, 0.29) is 24.5 Å². The second-order valence-corrected chi connectivity index (χ2v) is 11.6. The Kier molecular flexibility index (Phi) is 8.47. The molecule has 1 aromatic carbocycles. The molecular formula is C23H33N6O5P. The van der Waals surface area contributed by atoms with Crippen LogP contribution in [0.4, 0.5) is 5.82 Å². The zero-order chi connectivity index (χ0) is 25.6. The first-order chi connectivity index (χ1) is 16.5. The molecule has 3 rings (SSSR count). The van der Waals surface area contributed by atoms with E-state index in [2.05, 4.69) is 20.0 Å². The minimum Gasteiger partial charge on any atom is -0.464 e. The number of hydrogen-bond acceptors (Lipinski definition) is 9. The summed E-state index contributed by atoms with van der Waals surface area (Å²) in [6, 6.07) is 7.85. The van der Waals surface area contributed by atoms with Gasteiger partial charge in [-0.25, -0.2) is 20.0 Å². The quantitative estimate of drug-likeness (QED) is 0.293. The van der Waals surface area contributed by atoms with Gasteiger partial charge in [-0.15, -0.1) is 0 Å². The Bertz CT molecular complexity index is 1180. The van der Waals surface area contributed by atoms with Gasteiger partial charge < -0.3 is 24.3 Å². The van der Waals surface area contributed by atoms with Crippen molar-refractivity contribution in [2.75, 3.05) is 18.7 Å². The smallest absolute Gasteiger partial charge is 0.342 e. The molecule has 190 valence electrons. The standard InChI is InChI=1S/C23H33N6O5P/c1-16(11-29-14-27-19-20(24)25-13-26-21(19)29)33-15-35(31,34-18-9-7-6-8-10-18)28-17(2)22(30)32-12-23(3,4)5/h6-10,13-14,16-17H,11-12,15H2,1-5H3,(H,28,31)(H2,24,25,26)/t16-,17+,35?/m1/s1. The molecule has 3 atom stereocenters. The molecule has 0 saturated heterocycles. The van der Waals surface area contributed by atoms with Crippen molar-refractivity contribution in [3.63, 3.8) is 0 Å². The van der Waals surface area contributed by atoms with Crippen LogP contribution in [-0.4, -0.2) is 50.6 Å². The summed E-state index contributed by atoms with van der Waals surface area (Å²) in [4.78, 5) is 24.9. The Labute approximate surface area is 204 Å². The van der Waals surface area contributed by atoms with Crippen molar-refractivity contribution in [2.45, 2.75) is 53.3 Å². The second-order valence-electron chi connectivity index (χ2n) is 9.53. The van der Waals surface area contributed by atoms with E-state index in [1.807, 2.05) is 33.8 Å². The van der Waals surface area contributed by atoms with Crippen molar-refractivity contribution in [3.05, 3.63) is 43.0 Å². The van der Waals surface area contributed by atoms with E-state index in [9.17, 15) is 9.36 Å². The summed E-state index contributed by atoms with van der Waals surface area (Å²) in [5.41, 5.74) is 6.73. The Hall–Kier alpha value is -3.01. The highest BCUT2D eigenvalue weighted by Gasteiger charge is 2.32. The highest BCUT2D eigenvalue weighted by molar-refractivity contribution is 7.57. The van der Waals surface area contributed by atoms with Crippen LogP contribution < -0.4 is 15.3 Å². The Morgan fingerprint density at radius 2 is 1.89 bits per heavy atom. The van der Waals surface area contributed by atoms with Gasteiger partial charge in [-0.3, -0.25) is 9.36 Å². The largest absolute Gasteiger partial charge is 0.464 e. The van der Waals surface area contributed by atoms with Crippen molar-refractivity contribution in [3.8, 4) is 5.75 Å². The maximum absolute atomic E-state index is 13.7. The molecule has 0 aliphatic carbocycles. The van der Waals surface area contributed by atoms with E-state index in [0.29, 0.717) is 29.3 Å². The van der Waals surface area contributed by atoms with Crippen LogP contribution in [0, 0.1) is 5.41 Å². The number of ether oxygens (including phenoxy) is 2. The highest BCUT2D eigenvalue weighted by atomic mass is 31.2. The number of nitrogens with zero attached hydrogens (tertiary/aromatic N) is 4. The minimum absolute atomic E-state index is 0.189. The fourth-order valence-electron chi connectivity index (χ4n) is 3.09. The highest BCUT2D eigenvalue weighted by Crippen LogP contribution is 2.44. The molecule has 0 bridgehead atoms. The van der Waals surface area contributed by atoms with Gasteiger partial charge in [-0.1, -0.05) is 39.0 Å². The van der Waals surface area contributed by atoms with Crippen molar-refractivity contribution < 1.29 is 23.4 Å². The summed E-state index contributed by atoms with van der Waals surface area (Å²) in [5.74, 6) is 0.161. The number of rotatable bonds is 11. The van der Waals surface area contributed by atoms with Gasteiger partial charge in [0.05, 0.1) is 25.6 Å². The number of hydrogen-bond donors (Lipinski definition) is 2. The van der Waals surface area contributed by atoms with Gasteiger partial charge in [0.1, 0.15) is 30.0 Å². The predicted octanol–water partition coefficient (Wildman–Crippen LogP) is 3.61. The van der Waals surface area contributed by atoms with Gasteiger partial charge in [0.15, 0.2) is 11.5 Å². The molecule has 0 aliphatic rings. The molecule has 0 aliphatic heterocycles. The van der Waals surface area contributed by atoms with Crippen molar-refractivity contribution in [1.29, 1.82) is 0 Å². The van der Waals surface area contributed by atoms with E-state index in [0.717, 1.165) is 0 Å². The lowest BCUT2D eigenvalue weighted by Gasteiger charge is -2.26.